The van der Waals surface area contributed by atoms with Gasteiger partial charge in [-0.1, -0.05) is 41.4 Å². The highest BCUT2D eigenvalue weighted by Crippen LogP contribution is 2.31. The van der Waals surface area contributed by atoms with E-state index in [0.29, 0.717) is 43.9 Å². The van der Waals surface area contributed by atoms with Crippen LogP contribution in [-0.4, -0.2) is 10.9 Å². The Bertz CT molecular complexity index is 1170. The van der Waals surface area contributed by atoms with Gasteiger partial charge in [0.25, 0.3) is 5.91 Å². The van der Waals surface area contributed by atoms with Gasteiger partial charge in [0.2, 0.25) is 5.89 Å². The maximum absolute atomic E-state index is 12.5. The molecular weight excluding hydrogens is 383 g/mol. The smallest absolute Gasteiger partial charge is 0.257 e. The lowest BCUT2D eigenvalue weighted by Crippen LogP contribution is -2.12. The highest BCUT2D eigenvalue weighted by Gasteiger charge is 2.14. The summed E-state index contributed by atoms with van der Waals surface area (Å²) < 4.78 is 5.78. The van der Waals surface area contributed by atoms with Crippen molar-refractivity contribution in [3.8, 4) is 11.5 Å². The van der Waals surface area contributed by atoms with Gasteiger partial charge >= 0.3 is 0 Å². The second-order valence-electron chi connectivity index (χ2n) is 6.12. The monoisotopic (exact) mass is 396 g/mol. The Morgan fingerprint density at radius 1 is 1.00 bits per heavy atom. The number of carbonyl (C=O) groups excluding carboxylic acids is 1. The van der Waals surface area contributed by atoms with Crippen molar-refractivity contribution in [2.45, 2.75) is 6.92 Å². The number of benzene rings is 3. The van der Waals surface area contributed by atoms with Crippen LogP contribution in [0.25, 0.3) is 22.6 Å². The third-order valence-corrected chi connectivity index (χ3v) is 4.76. The van der Waals surface area contributed by atoms with Gasteiger partial charge in [0, 0.05) is 5.69 Å². The first kappa shape index (κ1) is 17.6. The zero-order valence-corrected chi connectivity index (χ0v) is 15.8. The van der Waals surface area contributed by atoms with Gasteiger partial charge in [-0.25, -0.2) is 4.98 Å². The van der Waals surface area contributed by atoms with Crippen molar-refractivity contribution in [2.75, 3.05) is 5.32 Å². The quantitative estimate of drug-likeness (QED) is 0.438. The summed E-state index contributed by atoms with van der Waals surface area (Å²) in [7, 11) is 0. The molecule has 0 atom stereocenters. The lowest BCUT2D eigenvalue weighted by atomic mass is 10.1. The molecule has 6 heteroatoms. The first-order valence-electron chi connectivity index (χ1n) is 8.24. The molecule has 0 spiro atoms. The molecule has 4 nitrogen and oxygen atoms in total. The Morgan fingerprint density at radius 3 is 2.59 bits per heavy atom. The zero-order chi connectivity index (χ0) is 19.0. The lowest BCUT2D eigenvalue weighted by Gasteiger charge is -2.07. The number of anilines is 1. The van der Waals surface area contributed by atoms with Crippen LogP contribution in [0, 0.1) is 6.92 Å². The van der Waals surface area contributed by atoms with Crippen LogP contribution in [0.3, 0.4) is 0 Å². The number of fused-ring (bicyclic) bond motifs is 1. The van der Waals surface area contributed by atoms with Gasteiger partial charge in [0.1, 0.15) is 5.52 Å². The third-order valence-electron chi connectivity index (χ3n) is 4.12. The molecule has 27 heavy (non-hydrogen) atoms. The first-order chi connectivity index (χ1) is 13.0. The molecule has 0 fully saturated rings. The van der Waals surface area contributed by atoms with Crippen molar-refractivity contribution in [1.82, 2.24) is 4.98 Å². The second kappa shape index (κ2) is 7.06. The molecule has 1 heterocycles. The average Bonchev–Trinajstić information content (AvgIpc) is 3.05. The van der Waals surface area contributed by atoms with Crippen LogP contribution in [0.4, 0.5) is 5.69 Å². The summed E-state index contributed by atoms with van der Waals surface area (Å²) in [5.41, 5.74) is 3.96. The Kier molecular flexibility index (Phi) is 4.60. The fraction of sp³-hybridized carbons (Fsp3) is 0.0476. The van der Waals surface area contributed by atoms with E-state index in [1.165, 1.54) is 0 Å². The SMILES string of the molecule is Cc1ccc(C(=O)Nc2ccc3oc(-c4ccccc4Cl)nc3c2)c(Cl)c1. The van der Waals surface area contributed by atoms with Crippen LogP contribution in [-0.2, 0) is 0 Å². The molecule has 4 rings (SSSR count). The van der Waals surface area contributed by atoms with E-state index in [9.17, 15) is 4.79 Å². The molecule has 3 aromatic carbocycles. The maximum Gasteiger partial charge on any atom is 0.257 e. The largest absolute Gasteiger partial charge is 0.436 e. The van der Waals surface area contributed by atoms with E-state index in [0.717, 1.165) is 5.56 Å². The van der Waals surface area contributed by atoms with E-state index in [1.54, 1.807) is 36.4 Å². The molecular formula is C21H14Cl2N2O2. The van der Waals surface area contributed by atoms with Crippen molar-refractivity contribution in [2.24, 2.45) is 0 Å². The molecule has 0 saturated carbocycles. The minimum atomic E-state index is -0.283. The molecule has 0 bridgehead atoms. The number of hydrogen-bond acceptors (Lipinski definition) is 3. The van der Waals surface area contributed by atoms with Crippen molar-refractivity contribution in [3.63, 3.8) is 0 Å². The number of hydrogen-bond donors (Lipinski definition) is 1. The van der Waals surface area contributed by atoms with Crippen molar-refractivity contribution in [3.05, 3.63) is 81.8 Å². The van der Waals surface area contributed by atoms with Crippen LogP contribution in [0.2, 0.25) is 10.0 Å². The molecule has 0 aliphatic carbocycles. The maximum atomic E-state index is 12.5. The van der Waals surface area contributed by atoms with Gasteiger partial charge in [-0.2, -0.15) is 0 Å². The van der Waals surface area contributed by atoms with E-state index in [2.05, 4.69) is 10.3 Å². The molecule has 0 aliphatic heterocycles. The van der Waals surface area contributed by atoms with E-state index in [4.69, 9.17) is 27.6 Å². The highest BCUT2D eigenvalue weighted by molar-refractivity contribution is 6.34. The van der Waals surface area contributed by atoms with Crippen LogP contribution in [0.1, 0.15) is 15.9 Å². The first-order valence-corrected chi connectivity index (χ1v) is 9.00. The average molecular weight is 397 g/mol. The molecule has 0 aliphatic rings. The van der Waals surface area contributed by atoms with Gasteiger partial charge < -0.3 is 9.73 Å². The van der Waals surface area contributed by atoms with E-state index < -0.39 is 0 Å². The number of rotatable bonds is 3. The van der Waals surface area contributed by atoms with E-state index >= 15 is 0 Å². The predicted molar refractivity (Wildman–Crippen MR) is 109 cm³/mol. The van der Waals surface area contributed by atoms with Gasteiger partial charge in [-0.3, -0.25) is 4.79 Å². The van der Waals surface area contributed by atoms with Crippen molar-refractivity contribution >= 4 is 45.9 Å². The number of nitrogens with zero attached hydrogens (tertiary/aromatic N) is 1. The fourth-order valence-electron chi connectivity index (χ4n) is 2.76. The number of aromatic nitrogens is 1. The topological polar surface area (TPSA) is 55.1 Å². The number of amides is 1. The minimum Gasteiger partial charge on any atom is -0.436 e. The van der Waals surface area contributed by atoms with Gasteiger partial charge in [0.05, 0.1) is 21.2 Å². The molecule has 0 radical (unpaired) electrons. The number of oxazole rings is 1. The number of carbonyl (C=O) groups is 1. The Hall–Kier alpha value is -2.82. The van der Waals surface area contributed by atoms with E-state index in [1.807, 2.05) is 31.2 Å². The third kappa shape index (κ3) is 3.54. The summed E-state index contributed by atoms with van der Waals surface area (Å²) in [6, 6.07) is 17.9. The molecule has 1 aromatic heterocycles. The predicted octanol–water partition coefficient (Wildman–Crippen LogP) is 6.36. The Labute approximate surface area is 165 Å². The summed E-state index contributed by atoms with van der Waals surface area (Å²) in [4.78, 5) is 17.0. The van der Waals surface area contributed by atoms with Crippen molar-refractivity contribution < 1.29 is 9.21 Å². The summed E-state index contributed by atoms with van der Waals surface area (Å²) >= 11 is 12.4. The summed E-state index contributed by atoms with van der Waals surface area (Å²) in [5, 5.41) is 3.81. The van der Waals surface area contributed by atoms with Crippen LogP contribution >= 0.6 is 23.2 Å². The molecule has 0 saturated heterocycles. The molecule has 1 amide bonds. The Morgan fingerprint density at radius 2 is 1.81 bits per heavy atom. The Balaban J connectivity index is 1.64. The molecule has 4 aromatic rings. The number of nitrogens with one attached hydrogen (secondary N) is 1. The van der Waals surface area contributed by atoms with Crippen molar-refractivity contribution in [1.29, 1.82) is 0 Å². The van der Waals surface area contributed by atoms with Gasteiger partial charge in [0.15, 0.2) is 5.58 Å². The normalized spacial score (nSPS) is 10.9. The molecule has 0 unspecified atom stereocenters. The summed E-state index contributed by atoms with van der Waals surface area (Å²) in [6.07, 6.45) is 0. The minimum absolute atomic E-state index is 0.283. The zero-order valence-electron chi connectivity index (χ0n) is 14.3. The second-order valence-corrected chi connectivity index (χ2v) is 6.93. The standard InChI is InChI=1S/C21H14Cl2N2O2/c1-12-6-8-14(17(23)10-12)20(26)24-13-7-9-19-18(11-13)25-21(27-19)15-4-2-3-5-16(15)22/h2-11H,1H3,(H,24,26). The van der Waals surface area contributed by atoms with E-state index in [-0.39, 0.29) is 5.91 Å². The van der Waals surface area contributed by atoms with Crippen LogP contribution < -0.4 is 5.32 Å². The summed E-state index contributed by atoms with van der Waals surface area (Å²) in [5.74, 6) is 0.148. The summed E-state index contributed by atoms with van der Waals surface area (Å²) in [6.45, 7) is 1.92. The van der Waals surface area contributed by atoms with Crippen LogP contribution in [0.5, 0.6) is 0 Å². The van der Waals surface area contributed by atoms with Gasteiger partial charge in [-0.15, -0.1) is 0 Å². The number of halogens is 2. The fourth-order valence-corrected chi connectivity index (χ4v) is 3.30. The van der Waals surface area contributed by atoms with Crippen LogP contribution in [0.15, 0.2) is 65.1 Å². The van der Waals surface area contributed by atoms with Gasteiger partial charge in [-0.05, 0) is 55.0 Å². The molecule has 1 N–H and O–H groups in total. The molecule has 134 valence electrons. The number of aryl methyl sites for hydroxylation is 1. The highest BCUT2D eigenvalue weighted by atomic mass is 35.5. The lowest BCUT2D eigenvalue weighted by molar-refractivity contribution is 0.102.